The molecular weight excluding hydrogens is 457 g/mol. The minimum atomic E-state index is -0.256. The van der Waals surface area contributed by atoms with Crippen molar-refractivity contribution in [3.05, 3.63) is 68.1 Å². The lowest BCUT2D eigenvalue weighted by molar-refractivity contribution is -0.119. The van der Waals surface area contributed by atoms with Gasteiger partial charge in [-0.05, 0) is 55.6 Å². The Labute approximate surface area is 162 Å². The standard InChI is InChI=1S/C17H14Br2ClN3O/c18-14-9-13(20)10-15(19)17(14)21-11-16(24)23-22-8-4-7-12-5-2-1-3-6-12/h1-10,21H,11H2,(H,23,24)/b7-4-,22-8+. The third kappa shape index (κ3) is 6.11. The molecule has 124 valence electrons. The maximum Gasteiger partial charge on any atom is 0.259 e. The van der Waals surface area contributed by atoms with E-state index in [0.29, 0.717) is 5.02 Å². The molecule has 0 saturated carbocycles. The number of benzene rings is 2. The van der Waals surface area contributed by atoms with Gasteiger partial charge in [-0.15, -0.1) is 0 Å². The van der Waals surface area contributed by atoms with E-state index in [2.05, 4.69) is 47.7 Å². The highest BCUT2D eigenvalue weighted by atomic mass is 79.9. The van der Waals surface area contributed by atoms with Crippen molar-refractivity contribution in [2.75, 3.05) is 11.9 Å². The number of anilines is 1. The van der Waals surface area contributed by atoms with Gasteiger partial charge in [-0.3, -0.25) is 4.79 Å². The fraction of sp³-hybridized carbons (Fsp3) is 0.0588. The molecule has 2 aromatic rings. The summed E-state index contributed by atoms with van der Waals surface area (Å²) in [7, 11) is 0. The molecule has 7 heteroatoms. The van der Waals surface area contributed by atoms with E-state index in [1.54, 1.807) is 18.2 Å². The summed E-state index contributed by atoms with van der Waals surface area (Å²) in [5.74, 6) is -0.256. The molecule has 0 aliphatic heterocycles. The molecule has 0 aromatic heterocycles. The highest BCUT2D eigenvalue weighted by molar-refractivity contribution is 9.11. The Hall–Kier alpha value is -1.63. The highest BCUT2D eigenvalue weighted by Gasteiger charge is 2.08. The monoisotopic (exact) mass is 469 g/mol. The van der Waals surface area contributed by atoms with Crippen LogP contribution < -0.4 is 10.7 Å². The Bertz CT molecular complexity index is 741. The molecule has 0 aliphatic carbocycles. The van der Waals surface area contributed by atoms with E-state index in [-0.39, 0.29) is 12.5 Å². The number of hydrogen-bond acceptors (Lipinski definition) is 3. The van der Waals surface area contributed by atoms with Crippen LogP contribution in [0, 0.1) is 0 Å². The molecule has 2 N–H and O–H groups in total. The van der Waals surface area contributed by atoms with Crippen molar-refractivity contribution in [1.29, 1.82) is 0 Å². The maximum atomic E-state index is 11.8. The Morgan fingerprint density at radius 3 is 2.50 bits per heavy atom. The predicted octanol–water partition coefficient (Wildman–Crippen LogP) is 5.09. The van der Waals surface area contributed by atoms with Crippen LogP contribution in [-0.4, -0.2) is 18.7 Å². The molecule has 0 unspecified atom stereocenters. The number of amides is 1. The predicted molar refractivity (Wildman–Crippen MR) is 107 cm³/mol. The van der Waals surface area contributed by atoms with Crippen LogP contribution in [0.4, 0.5) is 5.69 Å². The van der Waals surface area contributed by atoms with Gasteiger partial charge in [0.05, 0.1) is 12.2 Å². The number of rotatable bonds is 6. The molecule has 0 radical (unpaired) electrons. The van der Waals surface area contributed by atoms with Gasteiger partial charge < -0.3 is 5.32 Å². The molecule has 0 fully saturated rings. The van der Waals surface area contributed by atoms with E-state index in [1.807, 2.05) is 36.4 Å². The summed E-state index contributed by atoms with van der Waals surface area (Å²) in [6.45, 7) is 0.0819. The first kappa shape index (κ1) is 18.7. The van der Waals surface area contributed by atoms with Crippen LogP contribution in [0.1, 0.15) is 5.56 Å². The largest absolute Gasteiger partial charge is 0.374 e. The van der Waals surface area contributed by atoms with Crippen molar-refractivity contribution < 1.29 is 4.79 Å². The van der Waals surface area contributed by atoms with Crippen LogP contribution in [0.5, 0.6) is 0 Å². The summed E-state index contributed by atoms with van der Waals surface area (Å²) in [5.41, 5.74) is 4.27. The normalized spacial score (nSPS) is 11.1. The molecule has 2 aromatic carbocycles. The van der Waals surface area contributed by atoms with Gasteiger partial charge in [0.25, 0.3) is 5.91 Å². The van der Waals surface area contributed by atoms with E-state index in [4.69, 9.17) is 11.6 Å². The Kier molecular flexibility index (Phi) is 7.49. The molecule has 0 saturated heterocycles. The molecule has 4 nitrogen and oxygen atoms in total. The zero-order valence-electron chi connectivity index (χ0n) is 12.5. The van der Waals surface area contributed by atoms with E-state index < -0.39 is 0 Å². The summed E-state index contributed by atoms with van der Waals surface area (Å²) < 4.78 is 1.54. The zero-order chi connectivity index (χ0) is 17.4. The lowest BCUT2D eigenvalue weighted by Crippen LogP contribution is -2.26. The fourth-order valence-electron chi connectivity index (χ4n) is 1.79. The number of nitrogens with zero attached hydrogens (tertiary/aromatic N) is 1. The molecule has 0 spiro atoms. The third-order valence-corrected chi connectivity index (χ3v) is 4.34. The first-order chi connectivity index (χ1) is 11.6. The fourth-order valence-corrected chi connectivity index (χ4v) is 3.74. The highest BCUT2D eigenvalue weighted by Crippen LogP contribution is 2.33. The Morgan fingerprint density at radius 2 is 1.83 bits per heavy atom. The molecule has 0 bridgehead atoms. The second kappa shape index (κ2) is 9.61. The summed E-state index contributed by atoms with van der Waals surface area (Å²) in [6, 6.07) is 13.3. The number of carbonyl (C=O) groups excluding carboxylic acids is 1. The van der Waals surface area contributed by atoms with Gasteiger partial charge >= 0.3 is 0 Å². The summed E-state index contributed by atoms with van der Waals surface area (Å²) in [4.78, 5) is 11.8. The van der Waals surface area contributed by atoms with Crippen LogP contribution in [0.15, 0.2) is 62.6 Å². The number of halogens is 3. The van der Waals surface area contributed by atoms with Crippen molar-refractivity contribution in [3.8, 4) is 0 Å². The molecule has 24 heavy (non-hydrogen) atoms. The number of hydrogen-bond donors (Lipinski definition) is 2. The second-order valence-corrected chi connectivity index (χ2v) is 6.83. The number of nitrogens with one attached hydrogen (secondary N) is 2. The number of carbonyl (C=O) groups is 1. The number of allylic oxidation sites excluding steroid dienone is 1. The summed E-state index contributed by atoms with van der Waals surface area (Å²) in [6.07, 6.45) is 5.18. The maximum absolute atomic E-state index is 11.8. The van der Waals surface area contributed by atoms with Gasteiger partial charge in [0.15, 0.2) is 0 Å². The first-order valence-electron chi connectivity index (χ1n) is 6.98. The second-order valence-electron chi connectivity index (χ2n) is 4.68. The smallest absolute Gasteiger partial charge is 0.259 e. The van der Waals surface area contributed by atoms with E-state index in [9.17, 15) is 4.79 Å². The molecule has 0 heterocycles. The van der Waals surface area contributed by atoms with Gasteiger partial charge in [-0.25, -0.2) is 5.43 Å². The quantitative estimate of drug-likeness (QED) is 0.455. The van der Waals surface area contributed by atoms with E-state index >= 15 is 0 Å². The number of hydrazone groups is 1. The molecular formula is C17H14Br2ClN3O. The van der Waals surface area contributed by atoms with E-state index in [1.165, 1.54) is 6.21 Å². The van der Waals surface area contributed by atoms with Crippen molar-refractivity contribution in [1.82, 2.24) is 5.43 Å². The SMILES string of the molecule is O=C(CNc1c(Br)cc(Cl)cc1Br)N/N=C/C=C\c1ccccc1. The average molecular weight is 472 g/mol. The lowest BCUT2D eigenvalue weighted by atomic mass is 10.2. The van der Waals surface area contributed by atoms with Crippen LogP contribution >= 0.6 is 43.5 Å². The van der Waals surface area contributed by atoms with Crippen molar-refractivity contribution in [2.45, 2.75) is 0 Å². The van der Waals surface area contributed by atoms with Gasteiger partial charge in [0, 0.05) is 20.2 Å². The summed E-state index contributed by atoms with van der Waals surface area (Å²) in [5, 5.41) is 7.48. The summed E-state index contributed by atoms with van der Waals surface area (Å²) >= 11 is 12.7. The molecule has 1 amide bonds. The molecule has 0 atom stereocenters. The van der Waals surface area contributed by atoms with Crippen molar-refractivity contribution >= 4 is 67.3 Å². The van der Waals surface area contributed by atoms with Crippen LogP contribution in [0.3, 0.4) is 0 Å². The minimum absolute atomic E-state index is 0.0819. The van der Waals surface area contributed by atoms with Crippen molar-refractivity contribution in [3.63, 3.8) is 0 Å². The van der Waals surface area contributed by atoms with Crippen molar-refractivity contribution in [2.24, 2.45) is 5.10 Å². The van der Waals surface area contributed by atoms with Crippen LogP contribution in [0.25, 0.3) is 6.08 Å². The molecule has 0 aliphatic rings. The van der Waals surface area contributed by atoms with Gasteiger partial charge in [0.1, 0.15) is 0 Å². The zero-order valence-corrected chi connectivity index (χ0v) is 16.4. The Morgan fingerprint density at radius 1 is 1.17 bits per heavy atom. The Balaban J connectivity index is 1.80. The van der Waals surface area contributed by atoms with Gasteiger partial charge in [0.2, 0.25) is 0 Å². The van der Waals surface area contributed by atoms with E-state index in [0.717, 1.165) is 20.2 Å². The molecule has 2 rings (SSSR count). The third-order valence-electron chi connectivity index (χ3n) is 2.87. The lowest BCUT2D eigenvalue weighted by Gasteiger charge is -2.10. The first-order valence-corrected chi connectivity index (χ1v) is 8.94. The van der Waals surface area contributed by atoms with Crippen LogP contribution in [-0.2, 0) is 4.79 Å². The minimum Gasteiger partial charge on any atom is -0.374 e. The van der Waals surface area contributed by atoms with Gasteiger partial charge in [-0.2, -0.15) is 5.10 Å². The topological polar surface area (TPSA) is 53.5 Å². The van der Waals surface area contributed by atoms with Crippen LogP contribution in [0.2, 0.25) is 5.02 Å². The van der Waals surface area contributed by atoms with Gasteiger partial charge in [-0.1, -0.05) is 48.0 Å². The average Bonchev–Trinajstić information content (AvgIpc) is 2.54.